The quantitative estimate of drug-likeness (QED) is 0.529. The third kappa shape index (κ3) is 4.20. The van der Waals surface area contributed by atoms with Gasteiger partial charge in [-0.3, -0.25) is 4.79 Å². The Morgan fingerprint density at radius 2 is 1.86 bits per heavy atom. The van der Waals surface area contributed by atoms with Crippen LogP contribution in [0.15, 0.2) is 42.5 Å². The molecule has 1 aliphatic heterocycles. The highest BCUT2D eigenvalue weighted by Crippen LogP contribution is 2.38. The molecule has 2 aromatic carbocycles. The average molecular weight is 448 g/mol. The van der Waals surface area contributed by atoms with Crippen LogP contribution in [0.4, 0.5) is 5.13 Å². The fourth-order valence-corrected chi connectivity index (χ4v) is 4.70. The number of hydrogen-bond donors (Lipinski definition) is 0. The second-order valence-corrected chi connectivity index (χ2v) is 8.41. The zero-order valence-electron chi connectivity index (χ0n) is 15.8. The molecule has 29 heavy (non-hydrogen) atoms. The number of fused-ring (bicyclic) bond motifs is 1. The Bertz CT molecular complexity index is 1070. The number of benzene rings is 2. The van der Waals surface area contributed by atoms with E-state index in [4.69, 9.17) is 32.9 Å². The molecule has 2 heterocycles. The summed E-state index contributed by atoms with van der Waals surface area (Å²) in [5, 5.41) is 2.10. The predicted molar refractivity (Wildman–Crippen MR) is 120 cm³/mol. The maximum atomic E-state index is 12.5. The number of hydrogen-bond acceptors (Lipinski definition) is 5. The van der Waals surface area contributed by atoms with Crippen molar-refractivity contribution in [3.8, 4) is 5.75 Å². The molecule has 150 valence electrons. The first-order chi connectivity index (χ1) is 14.1. The molecule has 0 atom stereocenters. The smallest absolute Gasteiger partial charge is 0.246 e. The van der Waals surface area contributed by atoms with E-state index in [1.807, 2.05) is 41.3 Å². The molecule has 4 rings (SSSR count). The standard InChI is InChI=1S/C21H19Cl2N3O2S/c1-28-20-16(23)7-8-17-19(20)24-21(29-17)26-12-10-25(11-13-26)18(27)9-6-14-4-2-3-5-15(14)22/h2-9H,10-13H2,1H3/b9-6+. The number of rotatable bonds is 4. The second-order valence-electron chi connectivity index (χ2n) is 6.59. The molecule has 0 spiro atoms. The predicted octanol–water partition coefficient (Wildman–Crippen LogP) is 4.97. The van der Waals surface area contributed by atoms with E-state index in [-0.39, 0.29) is 5.91 Å². The lowest BCUT2D eigenvalue weighted by atomic mass is 10.2. The molecule has 1 aliphatic rings. The van der Waals surface area contributed by atoms with Crippen molar-refractivity contribution in [1.29, 1.82) is 0 Å². The average Bonchev–Trinajstić information content (AvgIpc) is 3.17. The van der Waals surface area contributed by atoms with Crippen molar-refractivity contribution in [3.63, 3.8) is 0 Å². The van der Waals surface area contributed by atoms with Crippen LogP contribution in [0.3, 0.4) is 0 Å². The molecule has 1 aromatic heterocycles. The highest BCUT2D eigenvalue weighted by molar-refractivity contribution is 7.22. The zero-order chi connectivity index (χ0) is 20.4. The molecule has 0 bridgehead atoms. The number of nitrogens with zero attached hydrogens (tertiary/aromatic N) is 3. The molecule has 0 saturated carbocycles. The molecule has 8 heteroatoms. The molecule has 1 amide bonds. The van der Waals surface area contributed by atoms with Gasteiger partial charge in [0.1, 0.15) is 5.52 Å². The Hall–Kier alpha value is -2.28. The minimum absolute atomic E-state index is 0.0117. The summed E-state index contributed by atoms with van der Waals surface area (Å²) in [5.74, 6) is 0.590. The fraction of sp³-hybridized carbons (Fsp3) is 0.238. The van der Waals surface area contributed by atoms with Gasteiger partial charge < -0.3 is 14.5 Å². The summed E-state index contributed by atoms with van der Waals surface area (Å²) < 4.78 is 6.43. The third-order valence-electron chi connectivity index (χ3n) is 4.83. The van der Waals surface area contributed by atoms with Crippen LogP contribution in [0, 0.1) is 0 Å². The molecule has 5 nitrogen and oxygen atoms in total. The lowest BCUT2D eigenvalue weighted by Gasteiger charge is -2.34. The Kier molecular flexibility index (Phi) is 5.94. The Balaban J connectivity index is 1.42. The fourth-order valence-electron chi connectivity index (χ4n) is 3.26. The van der Waals surface area contributed by atoms with E-state index in [1.54, 1.807) is 30.6 Å². The minimum atomic E-state index is -0.0117. The van der Waals surface area contributed by atoms with Crippen LogP contribution in [0.2, 0.25) is 10.0 Å². The number of halogens is 2. The number of anilines is 1. The first kappa shape index (κ1) is 20.0. The highest BCUT2D eigenvalue weighted by atomic mass is 35.5. The number of carbonyl (C=O) groups is 1. The SMILES string of the molecule is COc1c(Cl)ccc2sc(N3CCN(C(=O)/C=C/c4ccccc4Cl)CC3)nc12. The van der Waals surface area contributed by atoms with E-state index in [9.17, 15) is 4.79 Å². The second kappa shape index (κ2) is 8.61. The minimum Gasteiger partial charge on any atom is -0.493 e. The monoisotopic (exact) mass is 447 g/mol. The van der Waals surface area contributed by atoms with Gasteiger partial charge in [-0.15, -0.1) is 0 Å². The number of thiazole rings is 1. The number of ether oxygens (including phenoxy) is 1. The maximum absolute atomic E-state index is 12.5. The van der Waals surface area contributed by atoms with Crippen LogP contribution < -0.4 is 9.64 Å². The van der Waals surface area contributed by atoms with E-state index < -0.39 is 0 Å². The molecular formula is C21H19Cl2N3O2S. The van der Waals surface area contributed by atoms with Crippen molar-refractivity contribution >= 4 is 61.9 Å². The van der Waals surface area contributed by atoms with Gasteiger partial charge in [-0.2, -0.15) is 0 Å². The summed E-state index contributed by atoms with van der Waals surface area (Å²) in [4.78, 5) is 21.3. The van der Waals surface area contributed by atoms with Crippen molar-refractivity contribution in [2.24, 2.45) is 0 Å². The van der Waals surface area contributed by atoms with Gasteiger partial charge in [0.25, 0.3) is 0 Å². The van der Waals surface area contributed by atoms with Crippen LogP contribution in [-0.4, -0.2) is 49.1 Å². The topological polar surface area (TPSA) is 45.7 Å². The highest BCUT2D eigenvalue weighted by Gasteiger charge is 2.23. The van der Waals surface area contributed by atoms with E-state index in [1.165, 1.54) is 0 Å². The van der Waals surface area contributed by atoms with Crippen molar-refractivity contribution in [1.82, 2.24) is 9.88 Å². The molecule has 0 radical (unpaired) electrons. The number of methoxy groups -OCH3 is 1. The number of carbonyl (C=O) groups excluding carboxylic acids is 1. The Labute approximate surface area is 183 Å². The van der Waals surface area contributed by atoms with Gasteiger partial charge in [-0.05, 0) is 29.8 Å². The number of piperazine rings is 1. The summed E-state index contributed by atoms with van der Waals surface area (Å²) in [6, 6.07) is 11.2. The van der Waals surface area contributed by atoms with E-state index in [0.717, 1.165) is 34.0 Å². The van der Waals surface area contributed by atoms with Crippen molar-refractivity contribution < 1.29 is 9.53 Å². The van der Waals surface area contributed by atoms with Crippen LogP contribution in [0.1, 0.15) is 5.56 Å². The van der Waals surface area contributed by atoms with Gasteiger partial charge in [0.15, 0.2) is 10.9 Å². The summed E-state index contributed by atoms with van der Waals surface area (Å²) in [5.41, 5.74) is 1.62. The third-order valence-corrected chi connectivity index (χ3v) is 6.56. The van der Waals surface area contributed by atoms with Crippen molar-refractivity contribution in [2.45, 2.75) is 0 Å². The molecule has 1 fully saturated rings. The lowest BCUT2D eigenvalue weighted by molar-refractivity contribution is -0.126. The van der Waals surface area contributed by atoms with Gasteiger partial charge >= 0.3 is 0 Å². The van der Waals surface area contributed by atoms with Crippen LogP contribution >= 0.6 is 34.5 Å². The van der Waals surface area contributed by atoms with Crippen LogP contribution in [0.25, 0.3) is 16.3 Å². The lowest BCUT2D eigenvalue weighted by Crippen LogP contribution is -2.48. The normalized spacial score (nSPS) is 14.7. The van der Waals surface area contributed by atoms with Crippen LogP contribution in [-0.2, 0) is 4.79 Å². The summed E-state index contributed by atoms with van der Waals surface area (Å²) >= 11 is 13.9. The van der Waals surface area contributed by atoms with Gasteiger partial charge in [0.2, 0.25) is 5.91 Å². The molecular weight excluding hydrogens is 429 g/mol. The van der Waals surface area contributed by atoms with E-state index >= 15 is 0 Å². The van der Waals surface area contributed by atoms with Crippen molar-refractivity contribution in [2.75, 3.05) is 38.2 Å². The maximum Gasteiger partial charge on any atom is 0.246 e. The van der Waals surface area contributed by atoms with E-state index in [0.29, 0.717) is 28.9 Å². The number of amides is 1. The summed E-state index contributed by atoms with van der Waals surface area (Å²) in [6.45, 7) is 2.72. The van der Waals surface area contributed by atoms with E-state index in [2.05, 4.69) is 4.90 Å². The first-order valence-electron chi connectivity index (χ1n) is 9.16. The molecule has 0 N–H and O–H groups in total. The van der Waals surface area contributed by atoms with Gasteiger partial charge in [-0.25, -0.2) is 4.98 Å². The molecule has 0 aliphatic carbocycles. The first-order valence-corrected chi connectivity index (χ1v) is 10.7. The van der Waals surface area contributed by atoms with Crippen LogP contribution in [0.5, 0.6) is 5.75 Å². The van der Waals surface area contributed by atoms with Crippen molar-refractivity contribution in [3.05, 3.63) is 58.1 Å². The number of aromatic nitrogens is 1. The van der Waals surface area contributed by atoms with Gasteiger partial charge in [0.05, 0.1) is 16.8 Å². The molecule has 0 unspecified atom stereocenters. The largest absolute Gasteiger partial charge is 0.493 e. The Morgan fingerprint density at radius 3 is 2.59 bits per heavy atom. The van der Waals surface area contributed by atoms with Gasteiger partial charge in [0, 0.05) is 37.3 Å². The Morgan fingerprint density at radius 1 is 1.10 bits per heavy atom. The summed E-state index contributed by atoms with van der Waals surface area (Å²) in [7, 11) is 1.60. The molecule has 1 saturated heterocycles. The summed E-state index contributed by atoms with van der Waals surface area (Å²) in [6.07, 6.45) is 3.35. The van der Waals surface area contributed by atoms with Gasteiger partial charge in [-0.1, -0.05) is 52.7 Å². The zero-order valence-corrected chi connectivity index (χ0v) is 18.1. The molecule has 3 aromatic rings.